The molecule has 0 aliphatic carbocycles. The molecule has 0 saturated heterocycles. The lowest BCUT2D eigenvalue weighted by Gasteiger charge is -2.19. The summed E-state index contributed by atoms with van der Waals surface area (Å²) in [5.41, 5.74) is -1.94. The highest BCUT2D eigenvalue weighted by molar-refractivity contribution is 9.10. The highest BCUT2D eigenvalue weighted by Crippen LogP contribution is 2.43. The van der Waals surface area contributed by atoms with Crippen molar-refractivity contribution in [2.45, 2.75) is 18.6 Å². The normalized spacial score (nSPS) is 13.1. The largest absolute Gasteiger partial charge is 0.573 e. The number of benzene rings is 2. The first-order chi connectivity index (χ1) is 14.2. The van der Waals surface area contributed by atoms with Gasteiger partial charge in [-0.3, -0.25) is 0 Å². The molecule has 172 valence electrons. The Morgan fingerprint density at radius 2 is 1.58 bits per heavy atom. The number of aliphatic hydroxyl groups excluding tert-OH is 1. The van der Waals surface area contributed by atoms with Crippen molar-refractivity contribution in [1.82, 2.24) is 0 Å². The minimum atomic E-state index is -5.07. The lowest BCUT2D eigenvalue weighted by molar-refractivity contribution is -0.274. The third-order valence-electron chi connectivity index (χ3n) is 3.49. The smallest absolute Gasteiger partial charge is 0.448 e. The SMILES string of the molecule is OC(CCl)CNc1cc(OC(F)(F)F)cc(Br)c1Oc1c(F)cc(C(F)(F)F)cc1F. The van der Waals surface area contributed by atoms with E-state index in [4.69, 9.17) is 16.3 Å². The van der Waals surface area contributed by atoms with E-state index < -0.39 is 53.1 Å². The molecule has 2 rings (SSSR count). The lowest BCUT2D eigenvalue weighted by Crippen LogP contribution is -2.21. The van der Waals surface area contributed by atoms with Crippen LogP contribution >= 0.6 is 27.5 Å². The molecule has 4 nitrogen and oxygen atoms in total. The Hall–Kier alpha value is -1.99. The number of aliphatic hydroxyl groups is 1. The van der Waals surface area contributed by atoms with E-state index in [1.165, 1.54) is 0 Å². The number of anilines is 1. The van der Waals surface area contributed by atoms with Gasteiger partial charge in [0.05, 0.1) is 27.7 Å². The van der Waals surface area contributed by atoms with Crippen molar-refractivity contribution in [3.63, 3.8) is 0 Å². The molecule has 0 radical (unpaired) electrons. The Bertz CT molecular complexity index is 916. The Morgan fingerprint density at radius 3 is 2.06 bits per heavy atom. The van der Waals surface area contributed by atoms with Crippen LogP contribution in [-0.4, -0.2) is 30.0 Å². The van der Waals surface area contributed by atoms with E-state index >= 15 is 0 Å². The predicted molar refractivity (Wildman–Crippen MR) is 97.5 cm³/mol. The van der Waals surface area contributed by atoms with Gasteiger partial charge in [-0.1, -0.05) is 0 Å². The molecular formula is C17H11BrClF8NO3. The van der Waals surface area contributed by atoms with Crippen molar-refractivity contribution >= 4 is 33.2 Å². The van der Waals surface area contributed by atoms with Gasteiger partial charge in [0.15, 0.2) is 23.1 Å². The monoisotopic (exact) mass is 543 g/mol. The van der Waals surface area contributed by atoms with Crippen LogP contribution < -0.4 is 14.8 Å². The van der Waals surface area contributed by atoms with Gasteiger partial charge in [0, 0.05) is 12.6 Å². The molecule has 0 aliphatic rings. The Kier molecular flexibility index (Phi) is 7.87. The van der Waals surface area contributed by atoms with Gasteiger partial charge in [-0.15, -0.1) is 24.8 Å². The zero-order valence-corrected chi connectivity index (χ0v) is 17.2. The van der Waals surface area contributed by atoms with Gasteiger partial charge in [-0.25, -0.2) is 8.78 Å². The van der Waals surface area contributed by atoms with Crippen LogP contribution in [-0.2, 0) is 6.18 Å². The second kappa shape index (κ2) is 9.65. The maximum atomic E-state index is 14.1. The van der Waals surface area contributed by atoms with Crippen LogP contribution in [0.25, 0.3) is 0 Å². The highest BCUT2D eigenvalue weighted by atomic mass is 79.9. The minimum Gasteiger partial charge on any atom is -0.448 e. The summed E-state index contributed by atoms with van der Waals surface area (Å²) in [5.74, 6) is -6.16. The third kappa shape index (κ3) is 7.01. The summed E-state index contributed by atoms with van der Waals surface area (Å²) in [4.78, 5) is 0. The Labute approximate surface area is 182 Å². The summed E-state index contributed by atoms with van der Waals surface area (Å²) in [6.07, 6.45) is -11.3. The van der Waals surface area contributed by atoms with E-state index in [2.05, 4.69) is 26.0 Å². The number of hydrogen-bond donors (Lipinski definition) is 2. The quantitative estimate of drug-likeness (QED) is 0.311. The molecule has 0 aromatic heterocycles. The van der Waals surface area contributed by atoms with Gasteiger partial charge >= 0.3 is 12.5 Å². The number of rotatable bonds is 7. The zero-order valence-electron chi connectivity index (χ0n) is 14.8. The molecule has 2 aromatic carbocycles. The van der Waals surface area contributed by atoms with Crippen molar-refractivity contribution in [3.8, 4) is 17.2 Å². The average Bonchev–Trinajstić information content (AvgIpc) is 2.61. The van der Waals surface area contributed by atoms with Crippen molar-refractivity contribution < 1.29 is 49.7 Å². The minimum absolute atomic E-state index is 0.00218. The summed E-state index contributed by atoms with van der Waals surface area (Å²) < 4.78 is 112. The van der Waals surface area contributed by atoms with Gasteiger partial charge in [-0.05, 0) is 34.1 Å². The van der Waals surface area contributed by atoms with E-state index in [1.54, 1.807) is 0 Å². The maximum absolute atomic E-state index is 14.1. The molecule has 2 N–H and O–H groups in total. The van der Waals surface area contributed by atoms with Crippen molar-refractivity contribution in [2.24, 2.45) is 0 Å². The maximum Gasteiger partial charge on any atom is 0.573 e. The van der Waals surface area contributed by atoms with Crippen LogP contribution in [0.1, 0.15) is 5.56 Å². The second-order valence-electron chi connectivity index (χ2n) is 5.89. The standard InChI is InChI=1S/C17H11BrClF8NO3/c18-10-3-9(31-17(25,26)27)4-13(28-6-8(29)5-19)14(10)30-15-11(20)1-7(2-12(15)21)16(22,23)24/h1-4,8,28-29H,5-6H2. The summed E-state index contributed by atoms with van der Waals surface area (Å²) in [7, 11) is 0. The van der Waals surface area contributed by atoms with Crippen LogP contribution in [0.5, 0.6) is 17.2 Å². The van der Waals surface area contributed by atoms with Crippen molar-refractivity contribution in [1.29, 1.82) is 0 Å². The molecule has 2 aromatic rings. The molecule has 14 heteroatoms. The van der Waals surface area contributed by atoms with Crippen molar-refractivity contribution in [2.75, 3.05) is 17.7 Å². The summed E-state index contributed by atoms with van der Waals surface area (Å²) >= 11 is 8.29. The fourth-order valence-corrected chi connectivity index (χ4v) is 2.83. The zero-order chi connectivity index (χ0) is 23.6. The van der Waals surface area contributed by atoms with E-state index in [9.17, 15) is 40.2 Å². The number of ether oxygens (including phenoxy) is 2. The van der Waals surface area contributed by atoms with Gasteiger partial charge in [-0.2, -0.15) is 13.2 Å². The molecule has 1 atom stereocenters. The number of alkyl halides is 7. The van der Waals surface area contributed by atoms with Crippen LogP contribution in [0.2, 0.25) is 0 Å². The van der Waals surface area contributed by atoms with Gasteiger partial charge < -0.3 is 19.9 Å². The first-order valence-corrected chi connectivity index (χ1v) is 9.35. The molecule has 0 amide bonds. The van der Waals surface area contributed by atoms with Crippen molar-refractivity contribution in [3.05, 3.63) is 45.9 Å². The predicted octanol–water partition coefficient (Wildman–Crippen LogP) is 6.45. The van der Waals surface area contributed by atoms with E-state index in [0.717, 1.165) is 12.1 Å². The molecular weight excluding hydrogens is 534 g/mol. The van der Waals surface area contributed by atoms with Gasteiger partial charge in [0.2, 0.25) is 0 Å². The molecule has 0 bridgehead atoms. The van der Waals surface area contributed by atoms with E-state index in [1.807, 2.05) is 0 Å². The van der Waals surface area contributed by atoms with Crippen LogP contribution in [0.4, 0.5) is 40.8 Å². The molecule has 0 heterocycles. The van der Waals surface area contributed by atoms with Crippen LogP contribution in [0.3, 0.4) is 0 Å². The Morgan fingerprint density at radius 1 is 1.00 bits per heavy atom. The van der Waals surface area contributed by atoms with Gasteiger partial charge in [0.1, 0.15) is 5.75 Å². The van der Waals surface area contributed by atoms with E-state index in [-0.39, 0.29) is 34.7 Å². The summed E-state index contributed by atoms with van der Waals surface area (Å²) in [6, 6.07) is 1.50. The van der Waals surface area contributed by atoms with E-state index in [0.29, 0.717) is 0 Å². The summed E-state index contributed by atoms with van der Waals surface area (Å²) in [6.45, 7) is -0.320. The molecule has 0 spiro atoms. The average molecular weight is 545 g/mol. The van der Waals surface area contributed by atoms with Gasteiger partial charge in [0.25, 0.3) is 0 Å². The molecule has 1 unspecified atom stereocenters. The Balaban J connectivity index is 2.49. The number of nitrogens with one attached hydrogen (secondary N) is 1. The molecule has 0 aliphatic heterocycles. The second-order valence-corrected chi connectivity index (χ2v) is 7.05. The highest BCUT2D eigenvalue weighted by Gasteiger charge is 2.34. The first-order valence-electron chi connectivity index (χ1n) is 8.02. The topological polar surface area (TPSA) is 50.7 Å². The first kappa shape index (κ1) is 25.3. The fraction of sp³-hybridized carbons (Fsp3) is 0.294. The molecule has 31 heavy (non-hydrogen) atoms. The molecule has 0 fully saturated rings. The van der Waals surface area contributed by atoms with Crippen LogP contribution in [0.15, 0.2) is 28.7 Å². The number of hydrogen-bond acceptors (Lipinski definition) is 4. The number of halogens is 10. The third-order valence-corrected chi connectivity index (χ3v) is 4.43. The summed E-state index contributed by atoms with van der Waals surface area (Å²) in [5, 5.41) is 12.0. The molecule has 0 saturated carbocycles. The van der Waals surface area contributed by atoms with Crippen LogP contribution in [0, 0.1) is 11.6 Å². The lowest BCUT2D eigenvalue weighted by atomic mass is 10.2. The fourth-order valence-electron chi connectivity index (χ4n) is 2.20.